The van der Waals surface area contributed by atoms with Gasteiger partial charge in [0.05, 0.1) is 20.3 Å². The fourth-order valence-corrected chi connectivity index (χ4v) is 2.96. The van der Waals surface area contributed by atoms with Gasteiger partial charge in [0.2, 0.25) is 0 Å². The molecular weight excluding hydrogens is 306 g/mol. The molecule has 24 heavy (non-hydrogen) atoms. The Morgan fingerprint density at radius 3 is 2.92 bits per heavy atom. The number of methoxy groups -OCH3 is 1. The minimum absolute atomic E-state index is 0.0339. The second-order valence-electron chi connectivity index (χ2n) is 6.06. The molecule has 1 aromatic carbocycles. The normalized spacial score (nSPS) is 15.7. The van der Waals surface area contributed by atoms with Crippen LogP contribution in [-0.2, 0) is 11.3 Å². The molecule has 1 aromatic heterocycles. The van der Waals surface area contributed by atoms with Gasteiger partial charge in [0.1, 0.15) is 5.75 Å². The van der Waals surface area contributed by atoms with Crippen molar-refractivity contribution in [3.8, 4) is 5.75 Å². The van der Waals surface area contributed by atoms with Crippen molar-refractivity contribution in [2.75, 3.05) is 46.5 Å². The third-order valence-corrected chi connectivity index (χ3v) is 4.38. The number of pyridine rings is 1. The summed E-state index contributed by atoms with van der Waals surface area (Å²) in [5, 5.41) is 4.35. The zero-order valence-electron chi connectivity index (χ0n) is 14.1. The lowest BCUT2D eigenvalue weighted by Gasteiger charge is -2.26. The number of hydrogen-bond acceptors (Lipinski definition) is 5. The van der Waals surface area contributed by atoms with Crippen molar-refractivity contribution in [1.29, 1.82) is 0 Å². The standard InChI is InChI=1S/C18H25N3O3/c1-23-16-3-4-17-14(12-16)11-15(18(22)20-17)13-19-5-2-6-21-7-9-24-10-8-21/h3-4,11-12,19H,2,5-10,13H2,1H3,(H,20,22). The molecule has 1 fully saturated rings. The topological polar surface area (TPSA) is 66.6 Å². The highest BCUT2D eigenvalue weighted by Crippen LogP contribution is 2.18. The summed E-state index contributed by atoms with van der Waals surface area (Å²) >= 11 is 0. The Kier molecular flexibility index (Phi) is 5.85. The van der Waals surface area contributed by atoms with Gasteiger partial charge in [0, 0.05) is 36.1 Å². The van der Waals surface area contributed by atoms with Gasteiger partial charge in [-0.3, -0.25) is 9.69 Å². The van der Waals surface area contributed by atoms with E-state index in [1.54, 1.807) is 7.11 Å². The summed E-state index contributed by atoms with van der Waals surface area (Å²) in [6, 6.07) is 7.59. The zero-order chi connectivity index (χ0) is 16.8. The van der Waals surface area contributed by atoms with Gasteiger partial charge in [-0.05, 0) is 43.8 Å². The van der Waals surface area contributed by atoms with Crippen LogP contribution in [0.1, 0.15) is 12.0 Å². The molecular formula is C18H25N3O3. The molecule has 6 heteroatoms. The smallest absolute Gasteiger partial charge is 0.252 e. The van der Waals surface area contributed by atoms with E-state index in [1.807, 2.05) is 24.3 Å². The average Bonchev–Trinajstić information content (AvgIpc) is 2.62. The molecule has 0 amide bonds. The second-order valence-corrected chi connectivity index (χ2v) is 6.06. The van der Waals surface area contributed by atoms with Crippen molar-refractivity contribution < 1.29 is 9.47 Å². The van der Waals surface area contributed by atoms with Gasteiger partial charge in [-0.15, -0.1) is 0 Å². The molecule has 130 valence electrons. The molecule has 0 atom stereocenters. The third-order valence-electron chi connectivity index (χ3n) is 4.38. The first-order chi connectivity index (χ1) is 11.8. The van der Waals surface area contributed by atoms with E-state index in [9.17, 15) is 4.79 Å². The predicted octanol–water partition coefficient (Wildman–Crippen LogP) is 1.35. The lowest BCUT2D eigenvalue weighted by molar-refractivity contribution is 0.0374. The van der Waals surface area contributed by atoms with Gasteiger partial charge >= 0.3 is 0 Å². The van der Waals surface area contributed by atoms with E-state index in [0.717, 1.165) is 68.0 Å². The first-order valence-electron chi connectivity index (χ1n) is 8.47. The minimum atomic E-state index is -0.0339. The summed E-state index contributed by atoms with van der Waals surface area (Å²) in [6.07, 6.45) is 1.07. The van der Waals surface area contributed by atoms with Crippen LogP contribution in [0.3, 0.4) is 0 Å². The number of nitrogens with zero attached hydrogens (tertiary/aromatic N) is 1. The molecule has 1 aliphatic rings. The molecule has 1 saturated heterocycles. The quantitative estimate of drug-likeness (QED) is 0.750. The highest BCUT2D eigenvalue weighted by Gasteiger charge is 2.09. The number of rotatable bonds is 7. The van der Waals surface area contributed by atoms with Crippen LogP contribution < -0.4 is 15.6 Å². The van der Waals surface area contributed by atoms with E-state index in [4.69, 9.17) is 9.47 Å². The Bertz CT molecular complexity index is 723. The number of fused-ring (bicyclic) bond motifs is 1. The van der Waals surface area contributed by atoms with Gasteiger partial charge in [-0.2, -0.15) is 0 Å². The van der Waals surface area contributed by atoms with Crippen LogP contribution in [0.2, 0.25) is 0 Å². The summed E-state index contributed by atoms with van der Waals surface area (Å²) in [6.45, 7) is 6.26. The molecule has 2 heterocycles. The number of nitrogens with one attached hydrogen (secondary N) is 2. The van der Waals surface area contributed by atoms with Crippen LogP contribution in [-0.4, -0.2) is 56.4 Å². The Hall–Kier alpha value is -1.89. The van der Waals surface area contributed by atoms with E-state index in [-0.39, 0.29) is 5.56 Å². The Balaban J connectivity index is 1.52. The molecule has 1 aliphatic heterocycles. The molecule has 2 aromatic rings. The summed E-state index contributed by atoms with van der Waals surface area (Å²) < 4.78 is 10.6. The predicted molar refractivity (Wildman–Crippen MR) is 94.7 cm³/mol. The maximum Gasteiger partial charge on any atom is 0.252 e. The van der Waals surface area contributed by atoms with Crippen molar-refractivity contribution in [2.24, 2.45) is 0 Å². The number of morpholine rings is 1. The highest BCUT2D eigenvalue weighted by atomic mass is 16.5. The van der Waals surface area contributed by atoms with Crippen molar-refractivity contribution in [3.05, 3.63) is 40.2 Å². The number of aromatic amines is 1. The first-order valence-corrected chi connectivity index (χ1v) is 8.47. The lowest BCUT2D eigenvalue weighted by Crippen LogP contribution is -2.37. The van der Waals surface area contributed by atoms with E-state index in [2.05, 4.69) is 15.2 Å². The highest BCUT2D eigenvalue weighted by molar-refractivity contribution is 5.80. The molecule has 0 bridgehead atoms. The van der Waals surface area contributed by atoms with E-state index in [1.165, 1.54) is 0 Å². The first kappa shape index (κ1) is 17.0. The molecule has 0 saturated carbocycles. The molecule has 6 nitrogen and oxygen atoms in total. The fourth-order valence-electron chi connectivity index (χ4n) is 2.96. The van der Waals surface area contributed by atoms with E-state index in [0.29, 0.717) is 6.54 Å². The molecule has 0 unspecified atom stereocenters. The number of H-pyrrole nitrogens is 1. The van der Waals surface area contributed by atoms with Gasteiger partial charge in [-0.1, -0.05) is 0 Å². The summed E-state index contributed by atoms with van der Waals surface area (Å²) in [5.41, 5.74) is 1.55. The van der Waals surface area contributed by atoms with Crippen LogP contribution in [0.25, 0.3) is 10.9 Å². The van der Waals surface area contributed by atoms with Crippen LogP contribution in [0, 0.1) is 0 Å². The number of ether oxygens (including phenoxy) is 2. The largest absolute Gasteiger partial charge is 0.497 e. The maximum absolute atomic E-state index is 12.1. The summed E-state index contributed by atoms with van der Waals surface area (Å²) in [5.74, 6) is 0.791. The molecule has 0 spiro atoms. The number of hydrogen-bond donors (Lipinski definition) is 2. The summed E-state index contributed by atoms with van der Waals surface area (Å²) in [4.78, 5) is 17.5. The monoisotopic (exact) mass is 331 g/mol. The molecule has 3 rings (SSSR count). The van der Waals surface area contributed by atoms with Crippen molar-refractivity contribution in [1.82, 2.24) is 15.2 Å². The van der Waals surface area contributed by atoms with Crippen molar-refractivity contribution in [3.63, 3.8) is 0 Å². The average molecular weight is 331 g/mol. The van der Waals surface area contributed by atoms with E-state index < -0.39 is 0 Å². The zero-order valence-corrected chi connectivity index (χ0v) is 14.1. The lowest BCUT2D eigenvalue weighted by atomic mass is 10.1. The Morgan fingerprint density at radius 2 is 2.12 bits per heavy atom. The van der Waals surface area contributed by atoms with Crippen LogP contribution >= 0.6 is 0 Å². The molecule has 0 aliphatic carbocycles. The third kappa shape index (κ3) is 4.35. The van der Waals surface area contributed by atoms with Crippen LogP contribution in [0.4, 0.5) is 0 Å². The van der Waals surface area contributed by atoms with Crippen molar-refractivity contribution in [2.45, 2.75) is 13.0 Å². The Labute approximate surface area is 141 Å². The van der Waals surface area contributed by atoms with Crippen LogP contribution in [0.15, 0.2) is 29.1 Å². The Morgan fingerprint density at radius 1 is 1.29 bits per heavy atom. The van der Waals surface area contributed by atoms with Gasteiger partial charge in [0.15, 0.2) is 0 Å². The van der Waals surface area contributed by atoms with Gasteiger partial charge < -0.3 is 19.8 Å². The SMILES string of the molecule is COc1ccc2[nH]c(=O)c(CNCCCN3CCOCC3)cc2c1. The fraction of sp³-hybridized carbons (Fsp3) is 0.500. The summed E-state index contributed by atoms with van der Waals surface area (Å²) in [7, 11) is 1.64. The van der Waals surface area contributed by atoms with Gasteiger partial charge in [-0.25, -0.2) is 0 Å². The second kappa shape index (κ2) is 8.28. The maximum atomic E-state index is 12.1. The van der Waals surface area contributed by atoms with Crippen LogP contribution in [0.5, 0.6) is 5.75 Å². The minimum Gasteiger partial charge on any atom is -0.497 e. The van der Waals surface area contributed by atoms with Crippen molar-refractivity contribution >= 4 is 10.9 Å². The number of aromatic nitrogens is 1. The number of benzene rings is 1. The van der Waals surface area contributed by atoms with Gasteiger partial charge in [0.25, 0.3) is 5.56 Å². The molecule has 0 radical (unpaired) electrons. The van der Waals surface area contributed by atoms with E-state index >= 15 is 0 Å². The molecule has 2 N–H and O–H groups in total.